The van der Waals surface area contributed by atoms with E-state index in [4.69, 9.17) is 4.74 Å². The van der Waals surface area contributed by atoms with Crippen molar-refractivity contribution in [2.24, 2.45) is 0 Å². The first-order chi connectivity index (χ1) is 9.62. The zero-order valence-corrected chi connectivity index (χ0v) is 16.1. The Bertz CT molecular complexity index is 359. The fraction of sp³-hybridized carbons (Fsp3) is 0.938. The van der Waals surface area contributed by atoms with Crippen molar-refractivity contribution >= 4 is 28.6 Å². The Kier molecular flexibility index (Phi) is 6.93. The summed E-state index contributed by atoms with van der Waals surface area (Å²) in [5.41, 5.74) is -0.699. The molecule has 1 fully saturated rings. The lowest BCUT2D eigenvalue weighted by atomic mass is 9.76. The van der Waals surface area contributed by atoms with Gasteiger partial charge in [-0.05, 0) is 34.1 Å². The minimum atomic E-state index is -0.376. The van der Waals surface area contributed by atoms with Crippen LogP contribution in [0.1, 0.15) is 73.1 Å². The molecule has 5 heteroatoms. The van der Waals surface area contributed by atoms with Crippen LogP contribution < -0.4 is 0 Å². The maximum atomic E-state index is 11.9. The number of piperidine rings is 1. The van der Waals surface area contributed by atoms with Crippen LogP contribution in [0.2, 0.25) is 0 Å². The van der Waals surface area contributed by atoms with Crippen molar-refractivity contribution in [1.29, 1.82) is 0 Å². The van der Waals surface area contributed by atoms with Crippen molar-refractivity contribution in [3.05, 3.63) is 0 Å². The van der Waals surface area contributed by atoms with Crippen molar-refractivity contribution in [2.75, 3.05) is 0 Å². The molecule has 0 spiro atoms. The minimum Gasteiger partial charge on any atom is -0.461 e. The van der Waals surface area contributed by atoms with Crippen LogP contribution in [0.15, 0.2) is 0 Å². The summed E-state index contributed by atoms with van der Waals surface area (Å²) in [5, 5.41) is 12.1. The van der Waals surface area contributed by atoms with E-state index >= 15 is 0 Å². The Labute approximate surface area is 142 Å². The van der Waals surface area contributed by atoms with Gasteiger partial charge >= 0.3 is 5.97 Å². The number of carbonyl (C=O) groups is 1. The van der Waals surface area contributed by atoms with Gasteiger partial charge in [-0.2, -0.15) is 5.06 Å². The molecule has 0 saturated carbocycles. The van der Waals surface area contributed by atoms with Gasteiger partial charge in [0.2, 0.25) is 0 Å². The number of hydroxylamine groups is 2. The molecule has 1 N–H and O–H groups in total. The molecule has 0 bridgehead atoms. The molecule has 21 heavy (non-hydrogen) atoms. The van der Waals surface area contributed by atoms with Crippen LogP contribution in [0.4, 0.5) is 0 Å². The average Bonchev–Trinajstić information content (AvgIpc) is 2.36. The second-order valence-corrected chi connectivity index (χ2v) is 9.03. The molecule has 0 radical (unpaired) electrons. The van der Waals surface area contributed by atoms with Gasteiger partial charge in [0, 0.05) is 23.9 Å². The molecule has 1 rings (SSSR count). The van der Waals surface area contributed by atoms with Gasteiger partial charge in [-0.1, -0.05) is 48.8 Å². The standard InChI is InChI=1S/C16H30INO3/c1-6-7-8-9-16(5)11-13(21-14(19)12(2)17)10-15(3,4)18(16)20/h12-13,20H,6-11H2,1-5H3. The average molecular weight is 411 g/mol. The van der Waals surface area contributed by atoms with E-state index in [1.54, 1.807) is 0 Å². The Morgan fingerprint density at radius 2 is 2.00 bits per heavy atom. The van der Waals surface area contributed by atoms with Crippen LogP contribution >= 0.6 is 22.6 Å². The highest BCUT2D eigenvalue weighted by Crippen LogP contribution is 2.41. The third kappa shape index (κ3) is 5.06. The van der Waals surface area contributed by atoms with E-state index in [1.165, 1.54) is 11.5 Å². The maximum Gasteiger partial charge on any atom is 0.318 e. The van der Waals surface area contributed by atoms with Gasteiger partial charge < -0.3 is 9.94 Å². The van der Waals surface area contributed by atoms with E-state index < -0.39 is 0 Å². The number of hydrogen-bond acceptors (Lipinski definition) is 4. The summed E-state index contributed by atoms with van der Waals surface area (Å²) in [6, 6.07) is 0. The quantitative estimate of drug-likeness (QED) is 0.306. The lowest BCUT2D eigenvalue weighted by Crippen LogP contribution is -2.62. The summed E-state index contributed by atoms with van der Waals surface area (Å²) in [6.45, 7) is 10.1. The molecule has 0 aromatic heterocycles. The number of nitrogens with zero attached hydrogens (tertiary/aromatic N) is 1. The van der Waals surface area contributed by atoms with Gasteiger partial charge in [-0.15, -0.1) is 0 Å². The smallest absolute Gasteiger partial charge is 0.318 e. The zero-order valence-electron chi connectivity index (χ0n) is 14.0. The first-order valence-corrected chi connectivity index (χ1v) is 9.21. The van der Waals surface area contributed by atoms with E-state index in [0.717, 1.165) is 19.3 Å². The number of hydrogen-bond donors (Lipinski definition) is 1. The summed E-state index contributed by atoms with van der Waals surface area (Å²) >= 11 is 2.08. The minimum absolute atomic E-state index is 0.111. The molecular formula is C16H30INO3. The summed E-state index contributed by atoms with van der Waals surface area (Å²) in [7, 11) is 0. The van der Waals surface area contributed by atoms with E-state index in [-0.39, 0.29) is 27.1 Å². The highest BCUT2D eigenvalue weighted by Gasteiger charge is 2.48. The van der Waals surface area contributed by atoms with Gasteiger partial charge in [0.25, 0.3) is 0 Å². The molecule has 3 unspecified atom stereocenters. The van der Waals surface area contributed by atoms with Gasteiger partial charge in [0.15, 0.2) is 0 Å². The lowest BCUT2D eigenvalue weighted by molar-refractivity contribution is -0.266. The molecule has 1 aliphatic rings. The van der Waals surface area contributed by atoms with Crippen LogP contribution in [0.5, 0.6) is 0 Å². The van der Waals surface area contributed by atoms with Crippen LogP contribution in [0.3, 0.4) is 0 Å². The van der Waals surface area contributed by atoms with Crippen LogP contribution in [-0.4, -0.2) is 37.3 Å². The molecule has 0 amide bonds. The molecule has 0 aliphatic carbocycles. The molecule has 124 valence electrons. The number of carbonyl (C=O) groups excluding carboxylic acids is 1. The van der Waals surface area contributed by atoms with E-state index in [0.29, 0.717) is 12.8 Å². The highest BCUT2D eigenvalue weighted by atomic mass is 127. The van der Waals surface area contributed by atoms with Crippen LogP contribution in [0.25, 0.3) is 0 Å². The second kappa shape index (κ2) is 7.59. The summed E-state index contributed by atoms with van der Waals surface area (Å²) in [6.07, 6.45) is 5.60. The molecule has 1 heterocycles. The normalized spacial score (nSPS) is 30.9. The number of rotatable bonds is 6. The monoisotopic (exact) mass is 411 g/mol. The molecule has 4 nitrogen and oxygen atoms in total. The van der Waals surface area contributed by atoms with Crippen LogP contribution in [-0.2, 0) is 9.53 Å². The van der Waals surface area contributed by atoms with E-state index in [9.17, 15) is 10.0 Å². The topological polar surface area (TPSA) is 49.8 Å². The van der Waals surface area contributed by atoms with Crippen LogP contribution in [0, 0.1) is 0 Å². The SMILES string of the molecule is CCCCCC1(C)CC(OC(=O)C(C)I)CC(C)(C)N1O. The fourth-order valence-corrected chi connectivity index (χ4v) is 3.48. The van der Waals surface area contributed by atoms with Gasteiger partial charge in [-0.25, -0.2) is 0 Å². The number of halogens is 1. The fourth-order valence-electron chi connectivity index (χ4n) is 3.33. The number of esters is 1. The van der Waals surface area contributed by atoms with Crippen molar-refractivity contribution in [3.63, 3.8) is 0 Å². The zero-order chi connectivity index (χ0) is 16.3. The highest BCUT2D eigenvalue weighted by molar-refractivity contribution is 14.1. The van der Waals surface area contributed by atoms with E-state index in [1.807, 2.05) is 20.8 Å². The summed E-state index contributed by atoms with van der Waals surface area (Å²) < 4.78 is 5.52. The third-order valence-electron chi connectivity index (χ3n) is 4.41. The molecule has 1 saturated heterocycles. The largest absolute Gasteiger partial charge is 0.461 e. The Morgan fingerprint density at radius 3 is 2.52 bits per heavy atom. The first kappa shape index (κ1) is 19.2. The molecule has 0 aromatic rings. The number of unbranched alkanes of at least 4 members (excludes halogenated alkanes) is 2. The number of alkyl halides is 1. The first-order valence-electron chi connectivity index (χ1n) is 7.96. The molecule has 3 atom stereocenters. The van der Waals surface area contributed by atoms with Crippen molar-refractivity contribution in [1.82, 2.24) is 5.06 Å². The summed E-state index contributed by atoms with van der Waals surface area (Å²) in [4.78, 5) is 11.9. The predicted octanol–water partition coefficient (Wildman–Crippen LogP) is 4.32. The third-order valence-corrected chi connectivity index (χ3v) is 4.91. The predicted molar refractivity (Wildman–Crippen MR) is 92.8 cm³/mol. The molecule has 0 aromatic carbocycles. The summed E-state index contributed by atoms with van der Waals surface area (Å²) in [5.74, 6) is -0.154. The maximum absolute atomic E-state index is 11.9. The molecule has 1 aliphatic heterocycles. The van der Waals surface area contributed by atoms with Crippen molar-refractivity contribution in [2.45, 2.75) is 94.3 Å². The number of ether oxygens (including phenoxy) is 1. The Balaban J connectivity index is 2.80. The van der Waals surface area contributed by atoms with Gasteiger partial charge in [0.05, 0.1) is 0 Å². The van der Waals surface area contributed by atoms with Gasteiger partial charge in [0.1, 0.15) is 10.0 Å². The van der Waals surface area contributed by atoms with E-state index in [2.05, 4.69) is 36.4 Å². The van der Waals surface area contributed by atoms with Crippen molar-refractivity contribution < 1.29 is 14.7 Å². The second-order valence-electron chi connectivity index (χ2n) is 7.16. The Hall–Kier alpha value is 0.120. The Morgan fingerprint density at radius 1 is 1.38 bits per heavy atom. The van der Waals surface area contributed by atoms with Crippen molar-refractivity contribution in [3.8, 4) is 0 Å². The van der Waals surface area contributed by atoms with Gasteiger partial charge in [-0.3, -0.25) is 4.79 Å². The molecular weight excluding hydrogens is 381 g/mol. The lowest BCUT2D eigenvalue weighted by Gasteiger charge is -2.52.